The van der Waals surface area contributed by atoms with Crippen LogP contribution in [0.5, 0.6) is 0 Å². The molecule has 0 saturated carbocycles. The number of nitrogens with zero attached hydrogens (tertiary/aromatic N) is 2. The smallest absolute Gasteiger partial charge is 0.223 e. The number of amides is 1. The first-order chi connectivity index (χ1) is 10.7. The Morgan fingerprint density at radius 3 is 2.86 bits per heavy atom. The van der Waals surface area contributed by atoms with Crippen LogP contribution < -0.4 is 5.32 Å². The summed E-state index contributed by atoms with van der Waals surface area (Å²) in [4.78, 5) is 21.8. The van der Waals surface area contributed by atoms with Crippen LogP contribution in [0.2, 0.25) is 0 Å². The molecule has 0 spiro atoms. The van der Waals surface area contributed by atoms with Gasteiger partial charge in [-0.15, -0.1) is 0 Å². The average Bonchev–Trinajstić information content (AvgIpc) is 3.06. The van der Waals surface area contributed by atoms with Crippen molar-refractivity contribution < 1.29 is 9.18 Å². The molecular formula is C16H19FN4O. The molecule has 2 atom stereocenters. The van der Waals surface area contributed by atoms with Crippen molar-refractivity contribution >= 4 is 16.9 Å². The van der Waals surface area contributed by atoms with E-state index in [-0.39, 0.29) is 11.7 Å². The molecule has 116 valence electrons. The van der Waals surface area contributed by atoms with E-state index in [9.17, 15) is 9.18 Å². The zero-order valence-corrected chi connectivity index (χ0v) is 12.3. The number of halogens is 1. The van der Waals surface area contributed by atoms with Gasteiger partial charge in [-0.2, -0.15) is 0 Å². The van der Waals surface area contributed by atoms with Crippen molar-refractivity contribution in [2.45, 2.75) is 37.8 Å². The lowest BCUT2D eigenvalue weighted by Gasteiger charge is -2.32. The first-order valence-electron chi connectivity index (χ1n) is 7.85. The molecule has 1 aromatic heterocycles. The highest BCUT2D eigenvalue weighted by molar-refractivity contribution is 5.77. The first-order valence-corrected chi connectivity index (χ1v) is 7.85. The van der Waals surface area contributed by atoms with Gasteiger partial charge in [0.05, 0.1) is 11.0 Å². The molecule has 6 heteroatoms. The molecule has 4 rings (SSSR count). The van der Waals surface area contributed by atoms with E-state index in [1.807, 2.05) is 4.90 Å². The van der Waals surface area contributed by atoms with Crippen molar-refractivity contribution in [1.82, 2.24) is 20.2 Å². The number of hydrogen-bond donors (Lipinski definition) is 2. The number of carbonyl (C=O) groups excluding carboxylic acids is 1. The Hall–Kier alpha value is -1.95. The van der Waals surface area contributed by atoms with Crippen molar-refractivity contribution in [2.24, 2.45) is 0 Å². The molecule has 2 bridgehead atoms. The summed E-state index contributed by atoms with van der Waals surface area (Å²) in [5, 5.41) is 3.52. The number of piperazine rings is 1. The molecule has 22 heavy (non-hydrogen) atoms. The minimum Gasteiger partial charge on any atom is -0.342 e. The molecule has 0 aliphatic carbocycles. The topological polar surface area (TPSA) is 61.0 Å². The van der Waals surface area contributed by atoms with E-state index in [1.165, 1.54) is 25.0 Å². The summed E-state index contributed by atoms with van der Waals surface area (Å²) in [7, 11) is 0. The van der Waals surface area contributed by atoms with Gasteiger partial charge in [-0.05, 0) is 31.0 Å². The number of carbonyl (C=O) groups is 1. The van der Waals surface area contributed by atoms with Gasteiger partial charge in [0.2, 0.25) is 5.91 Å². The van der Waals surface area contributed by atoms with E-state index in [2.05, 4.69) is 15.3 Å². The zero-order chi connectivity index (χ0) is 15.1. The molecule has 2 aromatic rings. The van der Waals surface area contributed by atoms with E-state index in [0.29, 0.717) is 30.4 Å². The van der Waals surface area contributed by atoms with Crippen molar-refractivity contribution in [2.75, 3.05) is 13.1 Å². The highest BCUT2D eigenvalue weighted by Crippen LogP contribution is 2.21. The lowest BCUT2D eigenvalue weighted by atomic mass is 10.2. The van der Waals surface area contributed by atoms with Crippen LogP contribution in [0.4, 0.5) is 4.39 Å². The second-order valence-corrected chi connectivity index (χ2v) is 6.28. The number of aromatic amines is 1. The number of benzene rings is 1. The maximum absolute atomic E-state index is 13.2. The van der Waals surface area contributed by atoms with E-state index in [4.69, 9.17) is 0 Å². The fraction of sp³-hybridized carbons (Fsp3) is 0.500. The molecule has 0 unspecified atom stereocenters. The lowest BCUT2D eigenvalue weighted by molar-refractivity contribution is -0.132. The Morgan fingerprint density at radius 2 is 2.09 bits per heavy atom. The SMILES string of the molecule is O=C(CCc1nc2ccc(F)cc2[nH]1)N1C[C@H]2CC[C@@H](C1)N2. The first kappa shape index (κ1) is 13.7. The van der Waals surface area contributed by atoms with Gasteiger partial charge >= 0.3 is 0 Å². The molecule has 2 fully saturated rings. The van der Waals surface area contributed by atoms with Crippen molar-refractivity contribution in [1.29, 1.82) is 0 Å². The predicted octanol–water partition coefficient (Wildman–Crippen LogP) is 1.60. The summed E-state index contributed by atoms with van der Waals surface area (Å²) in [6.45, 7) is 1.64. The van der Waals surface area contributed by atoms with Crippen LogP contribution >= 0.6 is 0 Å². The summed E-state index contributed by atoms with van der Waals surface area (Å²) >= 11 is 0. The summed E-state index contributed by atoms with van der Waals surface area (Å²) in [6, 6.07) is 5.42. The van der Waals surface area contributed by atoms with E-state index in [1.54, 1.807) is 6.07 Å². The minimum atomic E-state index is -0.282. The van der Waals surface area contributed by atoms with Crippen molar-refractivity contribution in [3.05, 3.63) is 29.8 Å². The van der Waals surface area contributed by atoms with Crippen LogP contribution in [0.1, 0.15) is 25.1 Å². The van der Waals surface area contributed by atoms with Crippen LogP contribution in [0.25, 0.3) is 11.0 Å². The van der Waals surface area contributed by atoms with Crippen molar-refractivity contribution in [3.63, 3.8) is 0 Å². The Morgan fingerprint density at radius 1 is 1.32 bits per heavy atom. The predicted molar refractivity (Wildman–Crippen MR) is 80.9 cm³/mol. The molecule has 2 N–H and O–H groups in total. The van der Waals surface area contributed by atoms with E-state index < -0.39 is 0 Å². The number of fused-ring (bicyclic) bond motifs is 3. The zero-order valence-electron chi connectivity index (χ0n) is 12.3. The van der Waals surface area contributed by atoms with Gasteiger partial charge in [0, 0.05) is 38.0 Å². The van der Waals surface area contributed by atoms with E-state index in [0.717, 1.165) is 24.4 Å². The molecule has 0 radical (unpaired) electrons. The Bertz CT molecular complexity index is 701. The Kier molecular flexibility index (Phi) is 3.33. The van der Waals surface area contributed by atoms with Crippen LogP contribution in [0.15, 0.2) is 18.2 Å². The monoisotopic (exact) mass is 302 g/mol. The molecule has 2 aliphatic rings. The van der Waals surface area contributed by atoms with Gasteiger partial charge in [0.25, 0.3) is 0 Å². The molecular weight excluding hydrogens is 283 g/mol. The fourth-order valence-electron chi connectivity index (χ4n) is 3.54. The quantitative estimate of drug-likeness (QED) is 0.905. The molecule has 2 aliphatic heterocycles. The third-order valence-corrected chi connectivity index (χ3v) is 4.64. The van der Waals surface area contributed by atoms with Crippen LogP contribution in [-0.2, 0) is 11.2 Å². The average molecular weight is 302 g/mol. The maximum atomic E-state index is 13.2. The largest absolute Gasteiger partial charge is 0.342 e. The summed E-state index contributed by atoms with van der Waals surface area (Å²) in [6.07, 6.45) is 3.35. The summed E-state index contributed by atoms with van der Waals surface area (Å²) in [5.41, 5.74) is 1.42. The number of hydrogen-bond acceptors (Lipinski definition) is 3. The van der Waals surface area contributed by atoms with Gasteiger partial charge < -0.3 is 15.2 Å². The number of imidazole rings is 1. The van der Waals surface area contributed by atoms with Gasteiger partial charge in [-0.1, -0.05) is 0 Å². The van der Waals surface area contributed by atoms with E-state index >= 15 is 0 Å². The number of nitrogens with one attached hydrogen (secondary N) is 2. The van der Waals surface area contributed by atoms with Gasteiger partial charge in [0.15, 0.2) is 0 Å². The second-order valence-electron chi connectivity index (χ2n) is 6.28. The van der Waals surface area contributed by atoms with Gasteiger partial charge in [-0.3, -0.25) is 4.79 Å². The number of likely N-dealkylation sites (tertiary alicyclic amines) is 1. The van der Waals surface area contributed by atoms with Gasteiger partial charge in [0.1, 0.15) is 11.6 Å². The highest BCUT2D eigenvalue weighted by Gasteiger charge is 2.33. The number of H-pyrrole nitrogens is 1. The third kappa shape index (κ3) is 2.59. The normalized spacial score (nSPS) is 24.1. The number of aryl methyl sites for hydroxylation is 1. The summed E-state index contributed by atoms with van der Waals surface area (Å²) in [5.74, 6) is 0.646. The van der Waals surface area contributed by atoms with Crippen molar-refractivity contribution in [3.8, 4) is 0 Å². The second kappa shape index (κ2) is 5.35. The fourth-order valence-corrected chi connectivity index (χ4v) is 3.54. The van der Waals surface area contributed by atoms with Crippen LogP contribution in [-0.4, -0.2) is 45.9 Å². The lowest BCUT2D eigenvalue weighted by Crippen LogP contribution is -2.53. The molecule has 1 aromatic carbocycles. The number of rotatable bonds is 3. The molecule has 2 saturated heterocycles. The standard InChI is InChI=1S/C16H19FN4O/c17-10-1-4-13-14(7-10)20-15(19-13)5-6-16(22)21-8-11-2-3-12(9-21)18-11/h1,4,7,11-12,18H,2-3,5-6,8-9H2,(H,19,20)/t11-,12+. The molecule has 3 heterocycles. The summed E-state index contributed by atoms with van der Waals surface area (Å²) < 4.78 is 13.2. The van der Waals surface area contributed by atoms with Crippen LogP contribution in [0, 0.1) is 5.82 Å². The number of aromatic nitrogens is 2. The maximum Gasteiger partial charge on any atom is 0.223 e. The Labute approximate surface area is 127 Å². The minimum absolute atomic E-state index is 0.185. The Balaban J connectivity index is 1.39. The molecule has 1 amide bonds. The third-order valence-electron chi connectivity index (χ3n) is 4.64. The van der Waals surface area contributed by atoms with Gasteiger partial charge in [-0.25, -0.2) is 9.37 Å². The highest BCUT2D eigenvalue weighted by atomic mass is 19.1. The molecule has 5 nitrogen and oxygen atoms in total. The van der Waals surface area contributed by atoms with Crippen LogP contribution in [0.3, 0.4) is 0 Å².